The summed E-state index contributed by atoms with van der Waals surface area (Å²) in [6, 6.07) is 21.0. The van der Waals surface area contributed by atoms with Crippen molar-refractivity contribution in [1.29, 1.82) is 0 Å². The molecular formula is C26H30N6O2S. The molecule has 0 saturated carbocycles. The minimum Gasteiger partial charge on any atom is -0.378 e. The minimum atomic E-state index is -3.65. The molecule has 0 saturated heterocycles. The molecule has 0 amide bonds. The predicted octanol–water partition coefficient (Wildman–Crippen LogP) is 4.45. The van der Waals surface area contributed by atoms with Crippen LogP contribution in [0.1, 0.15) is 11.3 Å². The third kappa shape index (κ3) is 6.26. The zero-order valence-electron chi connectivity index (χ0n) is 20.3. The number of benzene rings is 3. The van der Waals surface area contributed by atoms with Crippen molar-refractivity contribution in [2.75, 3.05) is 42.7 Å². The molecule has 8 nitrogen and oxygen atoms in total. The van der Waals surface area contributed by atoms with Gasteiger partial charge in [0, 0.05) is 50.3 Å². The van der Waals surface area contributed by atoms with E-state index in [9.17, 15) is 8.42 Å². The zero-order chi connectivity index (χ0) is 25.0. The van der Waals surface area contributed by atoms with Gasteiger partial charge in [-0.15, -0.1) is 0 Å². The Balaban J connectivity index is 1.37. The van der Waals surface area contributed by atoms with Crippen LogP contribution in [0.3, 0.4) is 0 Å². The first-order valence-corrected chi connectivity index (χ1v) is 12.8. The number of hydrogen-bond donors (Lipinski definition) is 3. The van der Waals surface area contributed by atoms with Crippen LogP contribution in [0.2, 0.25) is 0 Å². The number of rotatable bonds is 9. The lowest BCUT2D eigenvalue weighted by Crippen LogP contribution is -2.29. The second kappa shape index (κ2) is 10.3. The van der Waals surface area contributed by atoms with Crippen molar-refractivity contribution in [2.24, 2.45) is 0 Å². The van der Waals surface area contributed by atoms with Gasteiger partial charge in [-0.1, -0.05) is 29.8 Å². The SMILES string of the molecule is Cc1ccc(Nc2cc(C)nc(NCCNS(=O)(=O)c3ccc4cc(N(C)C)ccc4c3)n2)cc1. The highest BCUT2D eigenvalue weighted by molar-refractivity contribution is 7.89. The minimum absolute atomic E-state index is 0.192. The largest absolute Gasteiger partial charge is 0.378 e. The highest BCUT2D eigenvalue weighted by atomic mass is 32.2. The summed E-state index contributed by atoms with van der Waals surface area (Å²) in [5.41, 5.74) is 3.97. The van der Waals surface area contributed by atoms with Crippen molar-refractivity contribution in [3.8, 4) is 0 Å². The lowest BCUT2D eigenvalue weighted by Gasteiger charge is -2.14. The molecule has 0 spiro atoms. The monoisotopic (exact) mass is 490 g/mol. The van der Waals surface area contributed by atoms with E-state index in [0.717, 1.165) is 27.8 Å². The van der Waals surface area contributed by atoms with E-state index in [0.29, 0.717) is 18.3 Å². The van der Waals surface area contributed by atoms with Gasteiger partial charge in [-0.05, 0) is 61.0 Å². The molecule has 0 bridgehead atoms. The van der Waals surface area contributed by atoms with Gasteiger partial charge in [0.25, 0.3) is 0 Å². The van der Waals surface area contributed by atoms with Gasteiger partial charge in [0.1, 0.15) is 5.82 Å². The standard InChI is InChI=1S/C26H30N6O2S/c1-18-5-9-22(10-6-18)30-25-15-19(2)29-26(31-25)27-13-14-28-35(33,34)24-12-8-20-16-23(32(3)4)11-7-21(20)17-24/h5-12,15-17,28H,13-14H2,1-4H3,(H2,27,29,30,31). The fourth-order valence-electron chi connectivity index (χ4n) is 3.60. The summed E-state index contributed by atoms with van der Waals surface area (Å²) in [4.78, 5) is 11.1. The van der Waals surface area contributed by atoms with Crippen molar-refractivity contribution in [3.63, 3.8) is 0 Å². The molecule has 3 N–H and O–H groups in total. The fourth-order valence-corrected chi connectivity index (χ4v) is 4.66. The molecular weight excluding hydrogens is 460 g/mol. The van der Waals surface area contributed by atoms with E-state index in [4.69, 9.17) is 0 Å². The van der Waals surface area contributed by atoms with Crippen LogP contribution in [-0.4, -0.2) is 45.6 Å². The maximum absolute atomic E-state index is 12.8. The first-order valence-electron chi connectivity index (χ1n) is 11.3. The summed E-state index contributed by atoms with van der Waals surface area (Å²) >= 11 is 0. The highest BCUT2D eigenvalue weighted by Crippen LogP contribution is 2.24. The van der Waals surface area contributed by atoms with E-state index in [2.05, 4.69) is 25.3 Å². The molecule has 0 unspecified atom stereocenters. The van der Waals surface area contributed by atoms with Crippen LogP contribution in [0.5, 0.6) is 0 Å². The smallest absolute Gasteiger partial charge is 0.240 e. The Morgan fingerprint density at radius 3 is 2.29 bits per heavy atom. The van der Waals surface area contributed by atoms with E-state index >= 15 is 0 Å². The van der Waals surface area contributed by atoms with E-state index in [1.807, 2.05) is 87.4 Å². The van der Waals surface area contributed by atoms with Gasteiger partial charge in [0.05, 0.1) is 4.90 Å². The molecule has 182 valence electrons. The number of sulfonamides is 1. The van der Waals surface area contributed by atoms with Gasteiger partial charge < -0.3 is 15.5 Å². The topological polar surface area (TPSA) is 99.2 Å². The molecule has 0 aliphatic heterocycles. The number of nitrogens with zero attached hydrogens (tertiary/aromatic N) is 3. The Kier molecular flexibility index (Phi) is 7.18. The molecule has 1 aromatic heterocycles. The number of fused-ring (bicyclic) bond motifs is 1. The van der Waals surface area contributed by atoms with E-state index in [1.54, 1.807) is 12.1 Å². The van der Waals surface area contributed by atoms with Gasteiger partial charge >= 0.3 is 0 Å². The fraction of sp³-hybridized carbons (Fsp3) is 0.231. The normalized spacial score (nSPS) is 11.4. The number of anilines is 4. The second-order valence-corrected chi connectivity index (χ2v) is 10.4. The first kappa shape index (κ1) is 24.4. The van der Waals surface area contributed by atoms with Gasteiger partial charge in [0.2, 0.25) is 16.0 Å². The summed E-state index contributed by atoms with van der Waals surface area (Å²) in [6.07, 6.45) is 0. The number of aryl methyl sites for hydroxylation is 2. The lowest BCUT2D eigenvalue weighted by atomic mass is 10.1. The molecule has 4 rings (SSSR count). The third-order valence-corrected chi connectivity index (χ3v) is 6.96. The Morgan fingerprint density at radius 1 is 0.829 bits per heavy atom. The van der Waals surface area contributed by atoms with Crippen LogP contribution in [-0.2, 0) is 10.0 Å². The summed E-state index contributed by atoms with van der Waals surface area (Å²) in [5, 5.41) is 8.23. The molecule has 3 aromatic carbocycles. The van der Waals surface area contributed by atoms with Crippen LogP contribution in [0, 0.1) is 13.8 Å². The maximum atomic E-state index is 12.8. The lowest BCUT2D eigenvalue weighted by molar-refractivity contribution is 0.583. The molecule has 0 aliphatic rings. The molecule has 9 heteroatoms. The van der Waals surface area contributed by atoms with E-state index in [1.165, 1.54) is 5.56 Å². The summed E-state index contributed by atoms with van der Waals surface area (Å²) in [5.74, 6) is 1.10. The van der Waals surface area contributed by atoms with Crippen LogP contribution in [0.4, 0.5) is 23.1 Å². The van der Waals surface area contributed by atoms with Gasteiger partial charge in [0.15, 0.2) is 0 Å². The van der Waals surface area contributed by atoms with Crippen molar-refractivity contribution in [3.05, 3.63) is 78.0 Å². The summed E-state index contributed by atoms with van der Waals surface area (Å²) < 4.78 is 28.3. The van der Waals surface area contributed by atoms with Crippen molar-refractivity contribution in [1.82, 2.24) is 14.7 Å². The average molecular weight is 491 g/mol. The number of aromatic nitrogens is 2. The van der Waals surface area contributed by atoms with Crippen LogP contribution < -0.4 is 20.3 Å². The summed E-state index contributed by atoms with van der Waals surface area (Å²) in [7, 11) is 0.300. The maximum Gasteiger partial charge on any atom is 0.240 e. The van der Waals surface area contributed by atoms with Crippen LogP contribution in [0.25, 0.3) is 10.8 Å². The quantitative estimate of drug-likeness (QED) is 0.298. The molecule has 4 aromatic rings. The first-order chi connectivity index (χ1) is 16.7. The van der Waals surface area contributed by atoms with Crippen molar-refractivity contribution < 1.29 is 8.42 Å². The van der Waals surface area contributed by atoms with E-state index < -0.39 is 10.0 Å². The van der Waals surface area contributed by atoms with Crippen LogP contribution >= 0.6 is 0 Å². The molecule has 0 radical (unpaired) electrons. The highest BCUT2D eigenvalue weighted by Gasteiger charge is 2.14. The zero-order valence-corrected chi connectivity index (χ0v) is 21.1. The third-order valence-electron chi connectivity index (χ3n) is 5.50. The Hall–Kier alpha value is -3.69. The van der Waals surface area contributed by atoms with Crippen molar-refractivity contribution in [2.45, 2.75) is 18.7 Å². The Bertz CT molecular complexity index is 1440. The second-order valence-electron chi connectivity index (χ2n) is 8.62. The molecule has 1 heterocycles. The van der Waals surface area contributed by atoms with E-state index in [-0.39, 0.29) is 11.4 Å². The predicted molar refractivity (Wildman–Crippen MR) is 143 cm³/mol. The van der Waals surface area contributed by atoms with Gasteiger partial charge in [-0.2, -0.15) is 4.98 Å². The molecule has 35 heavy (non-hydrogen) atoms. The van der Waals surface area contributed by atoms with Gasteiger partial charge in [-0.3, -0.25) is 0 Å². The molecule has 0 atom stereocenters. The van der Waals surface area contributed by atoms with Crippen molar-refractivity contribution >= 4 is 43.9 Å². The Labute approximate surface area is 206 Å². The Morgan fingerprint density at radius 2 is 1.54 bits per heavy atom. The molecule has 0 aliphatic carbocycles. The van der Waals surface area contributed by atoms with Gasteiger partial charge in [-0.25, -0.2) is 18.1 Å². The summed E-state index contributed by atoms with van der Waals surface area (Å²) in [6.45, 7) is 4.46. The average Bonchev–Trinajstić information content (AvgIpc) is 2.82. The number of nitrogens with one attached hydrogen (secondary N) is 3. The number of hydrogen-bond acceptors (Lipinski definition) is 7. The van der Waals surface area contributed by atoms with Crippen LogP contribution in [0.15, 0.2) is 71.6 Å². The molecule has 0 fully saturated rings.